The van der Waals surface area contributed by atoms with Crippen molar-refractivity contribution >= 4 is 15.9 Å². The Bertz CT molecular complexity index is 1080. The number of ether oxygens (including phenoxy) is 1. The van der Waals surface area contributed by atoms with E-state index in [0.29, 0.717) is 17.5 Å². The zero-order valence-corrected chi connectivity index (χ0v) is 17.4. The number of benzene rings is 2. The first kappa shape index (κ1) is 21.5. The van der Waals surface area contributed by atoms with Gasteiger partial charge in [0.05, 0.1) is 12.8 Å². The van der Waals surface area contributed by atoms with Crippen molar-refractivity contribution in [2.45, 2.75) is 13.1 Å². The normalized spacial score (nSPS) is 11.4. The highest BCUT2D eigenvalue weighted by Gasteiger charge is 2.12. The topological polar surface area (TPSA) is 115 Å². The molecule has 3 rings (SSSR count). The molecular formula is C20H22N4O5S. The Kier molecular flexibility index (Phi) is 6.80. The summed E-state index contributed by atoms with van der Waals surface area (Å²) in [4.78, 5) is 16.2. The highest BCUT2D eigenvalue weighted by atomic mass is 32.2. The van der Waals surface area contributed by atoms with E-state index in [-0.39, 0.29) is 25.6 Å². The van der Waals surface area contributed by atoms with E-state index in [1.807, 2.05) is 30.3 Å². The lowest BCUT2D eigenvalue weighted by atomic mass is 10.2. The Hall–Kier alpha value is -3.24. The quantitative estimate of drug-likeness (QED) is 0.551. The first-order chi connectivity index (χ1) is 14.3. The summed E-state index contributed by atoms with van der Waals surface area (Å²) >= 11 is 0. The summed E-state index contributed by atoms with van der Waals surface area (Å²) in [5, 5.41) is 6.55. The lowest BCUT2D eigenvalue weighted by Crippen LogP contribution is -2.28. The third-order valence-electron chi connectivity index (χ3n) is 4.20. The Morgan fingerprint density at radius 1 is 1.13 bits per heavy atom. The summed E-state index contributed by atoms with van der Waals surface area (Å²) in [6, 6.07) is 16.2. The number of nitrogens with one attached hydrogen (secondary N) is 1. The third kappa shape index (κ3) is 6.13. The molecule has 9 nitrogen and oxygen atoms in total. The predicted octanol–water partition coefficient (Wildman–Crippen LogP) is 1.82. The molecule has 0 aliphatic heterocycles. The van der Waals surface area contributed by atoms with E-state index in [9.17, 15) is 13.2 Å². The van der Waals surface area contributed by atoms with Crippen molar-refractivity contribution in [1.29, 1.82) is 0 Å². The van der Waals surface area contributed by atoms with E-state index in [0.717, 1.165) is 17.4 Å². The summed E-state index contributed by atoms with van der Waals surface area (Å²) in [6.45, 7) is 0.176. The van der Waals surface area contributed by atoms with Crippen LogP contribution in [0.4, 0.5) is 0 Å². The molecule has 3 aromatic rings. The SMILES string of the molecule is CN(Cc1ccc(OCC(=O)NCc2nc(-c3ccccc3)no2)cc1)S(C)(=O)=O. The Labute approximate surface area is 174 Å². The fourth-order valence-electron chi connectivity index (χ4n) is 2.47. The molecule has 0 fully saturated rings. The molecule has 1 N–H and O–H groups in total. The van der Waals surface area contributed by atoms with Crippen LogP contribution in [0.1, 0.15) is 11.5 Å². The van der Waals surface area contributed by atoms with E-state index in [4.69, 9.17) is 9.26 Å². The first-order valence-electron chi connectivity index (χ1n) is 9.09. The van der Waals surface area contributed by atoms with Crippen LogP contribution in [-0.2, 0) is 27.9 Å². The van der Waals surface area contributed by atoms with Crippen LogP contribution < -0.4 is 10.1 Å². The molecule has 10 heteroatoms. The lowest BCUT2D eigenvalue weighted by molar-refractivity contribution is -0.123. The van der Waals surface area contributed by atoms with E-state index in [1.165, 1.54) is 11.4 Å². The van der Waals surface area contributed by atoms with Gasteiger partial charge in [0, 0.05) is 19.2 Å². The molecule has 0 spiro atoms. The maximum atomic E-state index is 12.0. The highest BCUT2D eigenvalue weighted by molar-refractivity contribution is 7.88. The van der Waals surface area contributed by atoms with Crippen LogP contribution >= 0.6 is 0 Å². The van der Waals surface area contributed by atoms with Crippen molar-refractivity contribution in [3.8, 4) is 17.1 Å². The van der Waals surface area contributed by atoms with Crippen LogP contribution in [0, 0.1) is 0 Å². The van der Waals surface area contributed by atoms with Crippen LogP contribution in [0.15, 0.2) is 59.1 Å². The maximum Gasteiger partial charge on any atom is 0.258 e. The van der Waals surface area contributed by atoms with Gasteiger partial charge in [-0.3, -0.25) is 4.79 Å². The van der Waals surface area contributed by atoms with Gasteiger partial charge in [-0.2, -0.15) is 4.98 Å². The minimum Gasteiger partial charge on any atom is -0.484 e. The van der Waals surface area contributed by atoms with Crippen molar-refractivity contribution in [2.24, 2.45) is 0 Å². The second kappa shape index (κ2) is 9.51. The molecule has 1 aromatic heterocycles. The molecule has 0 aliphatic rings. The van der Waals surface area contributed by atoms with Crippen molar-refractivity contribution in [1.82, 2.24) is 19.8 Å². The molecule has 30 heavy (non-hydrogen) atoms. The van der Waals surface area contributed by atoms with Crippen molar-refractivity contribution in [3.05, 3.63) is 66.1 Å². The monoisotopic (exact) mass is 430 g/mol. The van der Waals surface area contributed by atoms with Gasteiger partial charge in [0.15, 0.2) is 6.61 Å². The second-order valence-corrected chi connectivity index (χ2v) is 8.70. The molecule has 0 radical (unpaired) electrons. The zero-order chi connectivity index (χ0) is 21.6. The predicted molar refractivity (Wildman–Crippen MR) is 110 cm³/mol. The Morgan fingerprint density at radius 2 is 1.83 bits per heavy atom. The molecule has 2 aromatic carbocycles. The molecule has 0 bridgehead atoms. The summed E-state index contributed by atoms with van der Waals surface area (Å²) < 4.78 is 34.8. The van der Waals surface area contributed by atoms with Gasteiger partial charge in [-0.15, -0.1) is 0 Å². The highest BCUT2D eigenvalue weighted by Crippen LogP contribution is 2.15. The summed E-state index contributed by atoms with van der Waals surface area (Å²) in [6.07, 6.45) is 1.15. The number of hydrogen-bond acceptors (Lipinski definition) is 7. The van der Waals surface area contributed by atoms with Gasteiger partial charge in [0.25, 0.3) is 5.91 Å². The first-order valence-corrected chi connectivity index (χ1v) is 10.9. The number of carbonyl (C=O) groups is 1. The van der Waals surface area contributed by atoms with Gasteiger partial charge >= 0.3 is 0 Å². The van der Waals surface area contributed by atoms with Crippen molar-refractivity contribution in [3.63, 3.8) is 0 Å². The molecule has 0 saturated carbocycles. The number of rotatable bonds is 9. The van der Waals surface area contributed by atoms with Gasteiger partial charge in [-0.1, -0.05) is 47.6 Å². The van der Waals surface area contributed by atoms with Crippen molar-refractivity contribution in [2.75, 3.05) is 19.9 Å². The number of amides is 1. The average Bonchev–Trinajstić information content (AvgIpc) is 3.21. The summed E-state index contributed by atoms with van der Waals surface area (Å²) in [5.74, 6) is 0.912. The molecule has 0 saturated heterocycles. The summed E-state index contributed by atoms with van der Waals surface area (Å²) in [5.41, 5.74) is 1.64. The Morgan fingerprint density at radius 3 is 2.50 bits per heavy atom. The molecular weight excluding hydrogens is 408 g/mol. The van der Waals surface area contributed by atoms with Crippen LogP contribution in [0.2, 0.25) is 0 Å². The maximum absolute atomic E-state index is 12.0. The minimum atomic E-state index is -3.24. The number of aromatic nitrogens is 2. The fourth-order valence-corrected chi connectivity index (χ4v) is 2.85. The summed E-state index contributed by atoms with van der Waals surface area (Å²) in [7, 11) is -1.73. The third-order valence-corrected chi connectivity index (χ3v) is 5.46. The molecule has 1 amide bonds. The standard InChI is InChI=1S/C20H22N4O5S/c1-24(30(2,26)27)13-15-8-10-17(11-9-15)28-14-18(25)21-12-19-22-20(23-29-19)16-6-4-3-5-7-16/h3-11H,12-14H2,1-2H3,(H,21,25). The van der Waals surface area contributed by atoms with Crippen LogP contribution in [0.5, 0.6) is 5.75 Å². The van der Waals surface area contributed by atoms with Crippen LogP contribution in [0.3, 0.4) is 0 Å². The fraction of sp³-hybridized carbons (Fsp3) is 0.250. The smallest absolute Gasteiger partial charge is 0.258 e. The van der Waals surface area contributed by atoms with Crippen molar-refractivity contribution < 1.29 is 22.5 Å². The molecule has 0 unspecified atom stereocenters. The van der Waals surface area contributed by atoms with E-state index >= 15 is 0 Å². The van der Waals surface area contributed by atoms with Gasteiger partial charge in [-0.25, -0.2) is 12.7 Å². The van der Waals surface area contributed by atoms with Crippen LogP contribution in [-0.4, -0.2) is 48.7 Å². The van der Waals surface area contributed by atoms with E-state index < -0.39 is 10.0 Å². The number of nitrogens with zero attached hydrogens (tertiary/aromatic N) is 3. The minimum absolute atomic E-state index is 0.0960. The second-order valence-electron chi connectivity index (χ2n) is 6.61. The van der Waals surface area contributed by atoms with Gasteiger partial charge in [0.2, 0.25) is 21.7 Å². The average molecular weight is 430 g/mol. The number of hydrogen-bond donors (Lipinski definition) is 1. The van der Waals surface area contributed by atoms with Gasteiger partial charge in [-0.05, 0) is 17.7 Å². The van der Waals surface area contributed by atoms with Gasteiger partial charge < -0.3 is 14.6 Å². The molecule has 0 aliphatic carbocycles. The zero-order valence-electron chi connectivity index (χ0n) is 16.6. The largest absolute Gasteiger partial charge is 0.484 e. The molecule has 1 heterocycles. The Balaban J connectivity index is 1.44. The van der Waals surface area contributed by atoms with E-state index in [2.05, 4.69) is 15.5 Å². The van der Waals surface area contributed by atoms with Crippen LogP contribution in [0.25, 0.3) is 11.4 Å². The van der Waals surface area contributed by atoms with Gasteiger partial charge in [0.1, 0.15) is 5.75 Å². The molecule has 158 valence electrons. The number of carbonyl (C=O) groups excluding carboxylic acids is 1. The van der Waals surface area contributed by atoms with E-state index in [1.54, 1.807) is 24.3 Å². The molecule has 0 atom stereocenters. The number of sulfonamides is 1. The lowest BCUT2D eigenvalue weighted by Gasteiger charge is -2.14.